The lowest BCUT2D eigenvalue weighted by atomic mass is 10.1. The third-order valence-corrected chi connectivity index (χ3v) is 4.00. The summed E-state index contributed by atoms with van der Waals surface area (Å²) in [6.07, 6.45) is 3.07. The fourth-order valence-electron chi connectivity index (χ4n) is 2.61. The molecule has 0 spiro atoms. The number of rotatable bonds is 8. The van der Waals surface area contributed by atoms with E-state index in [0.29, 0.717) is 11.3 Å². The van der Waals surface area contributed by atoms with Crippen LogP contribution in [0.25, 0.3) is 0 Å². The summed E-state index contributed by atoms with van der Waals surface area (Å²) in [7, 11) is 0. The van der Waals surface area contributed by atoms with Gasteiger partial charge in [0.25, 0.3) is 5.91 Å². The Morgan fingerprint density at radius 1 is 0.963 bits per heavy atom. The van der Waals surface area contributed by atoms with Crippen LogP contribution >= 0.6 is 0 Å². The lowest BCUT2D eigenvalue weighted by molar-refractivity contribution is -0.132. The third-order valence-electron chi connectivity index (χ3n) is 4.00. The topological polar surface area (TPSA) is 95.9 Å². The van der Waals surface area contributed by atoms with E-state index in [9.17, 15) is 14.7 Å². The Labute approximate surface area is 156 Å². The predicted octanol–water partition coefficient (Wildman–Crippen LogP) is 2.93. The predicted molar refractivity (Wildman–Crippen MR) is 96.7 cm³/mol. The Hall–Kier alpha value is -3.48. The second-order valence-electron chi connectivity index (χ2n) is 5.94. The minimum absolute atomic E-state index is 0.112. The van der Waals surface area contributed by atoms with Gasteiger partial charge in [0.2, 0.25) is 5.91 Å². The average Bonchev–Trinajstić information content (AvgIpc) is 3.36. The fraction of sp³-hybridized carbons (Fsp3) is 0.200. The maximum absolute atomic E-state index is 12.7. The van der Waals surface area contributed by atoms with Crippen LogP contribution in [0, 0.1) is 0 Å². The van der Waals surface area contributed by atoms with E-state index in [-0.39, 0.29) is 49.4 Å². The van der Waals surface area contributed by atoms with Crippen molar-refractivity contribution in [2.75, 3.05) is 6.54 Å². The SMILES string of the molecule is O=C(NCCC(=O)N(Cc1ccco1)Cc1ccccc1O)c1ccco1. The molecule has 0 atom stereocenters. The first-order valence-corrected chi connectivity index (χ1v) is 8.52. The van der Waals surface area contributed by atoms with Crippen molar-refractivity contribution in [3.8, 4) is 5.75 Å². The van der Waals surface area contributed by atoms with Gasteiger partial charge in [0, 0.05) is 25.1 Å². The minimum atomic E-state index is -0.369. The van der Waals surface area contributed by atoms with E-state index < -0.39 is 0 Å². The van der Waals surface area contributed by atoms with Crippen LogP contribution in [-0.2, 0) is 17.9 Å². The smallest absolute Gasteiger partial charge is 0.286 e. The summed E-state index contributed by atoms with van der Waals surface area (Å²) < 4.78 is 10.4. The van der Waals surface area contributed by atoms with E-state index >= 15 is 0 Å². The number of amides is 2. The normalized spacial score (nSPS) is 10.5. The van der Waals surface area contributed by atoms with Crippen molar-refractivity contribution >= 4 is 11.8 Å². The molecule has 3 rings (SSSR count). The number of aromatic hydroxyl groups is 1. The van der Waals surface area contributed by atoms with Crippen molar-refractivity contribution in [1.82, 2.24) is 10.2 Å². The highest BCUT2D eigenvalue weighted by atomic mass is 16.3. The summed E-state index contributed by atoms with van der Waals surface area (Å²) in [5, 5.41) is 12.6. The van der Waals surface area contributed by atoms with Gasteiger partial charge in [-0.25, -0.2) is 0 Å². The second kappa shape index (κ2) is 8.75. The number of carbonyl (C=O) groups is 2. The molecule has 0 unspecified atom stereocenters. The fourth-order valence-corrected chi connectivity index (χ4v) is 2.61. The number of phenols is 1. The van der Waals surface area contributed by atoms with Crippen LogP contribution in [0.2, 0.25) is 0 Å². The minimum Gasteiger partial charge on any atom is -0.508 e. The number of benzene rings is 1. The molecule has 7 nitrogen and oxygen atoms in total. The Morgan fingerprint density at radius 3 is 2.44 bits per heavy atom. The van der Waals surface area contributed by atoms with Crippen molar-refractivity contribution < 1.29 is 23.5 Å². The molecule has 0 bridgehead atoms. The summed E-state index contributed by atoms with van der Waals surface area (Å²) in [4.78, 5) is 26.1. The molecule has 2 N–H and O–H groups in total. The molecule has 140 valence electrons. The van der Waals surface area contributed by atoms with Gasteiger partial charge in [-0.15, -0.1) is 0 Å². The Morgan fingerprint density at radius 2 is 1.74 bits per heavy atom. The zero-order chi connectivity index (χ0) is 19.1. The van der Waals surface area contributed by atoms with Crippen molar-refractivity contribution in [2.24, 2.45) is 0 Å². The molecule has 2 amide bonds. The van der Waals surface area contributed by atoms with Gasteiger partial charge in [0.05, 0.1) is 19.1 Å². The summed E-state index contributed by atoms with van der Waals surface area (Å²) in [6, 6.07) is 13.6. The van der Waals surface area contributed by atoms with Crippen molar-refractivity contribution in [2.45, 2.75) is 19.5 Å². The first-order chi connectivity index (χ1) is 13.1. The van der Waals surface area contributed by atoms with Gasteiger partial charge in [-0.2, -0.15) is 0 Å². The molecule has 0 aliphatic rings. The number of hydrogen-bond donors (Lipinski definition) is 2. The molecule has 0 fully saturated rings. The molecule has 2 aromatic heterocycles. The molecule has 1 aromatic carbocycles. The number of furan rings is 2. The molecular weight excluding hydrogens is 348 g/mol. The Balaban J connectivity index is 1.61. The van der Waals surface area contributed by atoms with Crippen molar-refractivity contribution in [3.05, 3.63) is 78.1 Å². The third kappa shape index (κ3) is 5.01. The Kier molecular flexibility index (Phi) is 5.94. The molecule has 2 heterocycles. The van der Waals surface area contributed by atoms with Gasteiger partial charge >= 0.3 is 0 Å². The quantitative estimate of drug-likeness (QED) is 0.637. The highest BCUT2D eigenvalue weighted by Gasteiger charge is 2.18. The summed E-state index contributed by atoms with van der Waals surface area (Å²) >= 11 is 0. The van der Waals surface area contributed by atoms with Crippen molar-refractivity contribution in [1.29, 1.82) is 0 Å². The largest absolute Gasteiger partial charge is 0.508 e. The van der Waals surface area contributed by atoms with E-state index in [2.05, 4.69) is 5.32 Å². The molecule has 0 saturated heterocycles. The molecule has 27 heavy (non-hydrogen) atoms. The summed E-state index contributed by atoms with van der Waals surface area (Å²) in [5.41, 5.74) is 0.636. The molecule has 0 saturated carbocycles. The first-order valence-electron chi connectivity index (χ1n) is 8.52. The maximum Gasteiger partial charge on any atom is 0.286 e. The Bertz CT molecular complexity index is 872. The molecule has 0 radical (unpaired) electrons. The molecule has 7 heteroatoms. The summed E-state index contributed by atoms with van der Waals surface area (Å²) in [5.74, 6) is 0.420. The average molecular weight is 368 g/mol. The van der Waals surface area contributed by atoms with Gasteiger partial charge < -0.3 is 24.2 Å². The van der Waals surface area contributed by atoms with Gasteiger partial charge in [-0.3, -0.25) is 9.59 Å². The molecule has 0 aliphatic heterocycles. The molecular formula is C20H20N2O5. The first kappa shape index (κ1) is 18.3. The van der Waals surface area contributed by atoms with Gasteiger partial charge in [-0.1, -0.05) is 18.2 Å². The van der Waals surface area contributed by atoms with Crippen LogP contribution in [-0.4, -0.2) is 28.4 Å². The van der Waals surface area contributed by atoms with E-state index in [4.69, 9.17) is 8.83 Å². The van der Waals surface area contributed by atoms with E-state index in [0.717, 1.165) is 0 Å². The van der Waals surface area contributed by atoms with Crippen LogP contribution in [0.15, 0.2) is 69.9 Å². The van der Waals surface area contributed by atoms with E-state index in [1.54, 1.807) is 59.7 Å². The number of nitrogens with one attached hydrogen (secondary N) is 1. The van der Waals surface area contributed by atoms with Crippen LogP contribution in [0.3, 0.4) is 0 Å². The number of carbonyl (C=O) groups excluding carboxylic acids is 2. The monoisotopic (exact) mass is 368 g/mol. The van der Waals surface area contributed by atoms with Crippen LogP contribution in [0.5, 0.6) is 5.75 Å². The van der Waals surface area contributed by atoms with E-state index in [1.165, 1.54) is 6.26 Å². The van der Waals surface area contributed by atoms with Crippen LogP contribution in [0.1, 0.15) is 28.3 Å². The number of para-hydroxylation sites is 1. The van der Waals surface area contributed by atoms with E-state index in [1.807, 2.05) is 0 Å². The number of phenolic OH excluding ortho intramolecular Hbond substituents is 1. The number of nitrogens with zero attached hydrogens (tertiary/aromatic N) is 1. The van der Waals surface area contributed by atoms with Crippen molar-refractivity contribution in [3.63, 3.8) is 0 Å². The number of hydrogen-bond acceptors (Lipinski definition) is 5. The highest BCUT2D eigenvalue weighted by Crippen LogP contribution is 2.19. The zero-order valence-corrected chi connectivity index (χ0v) is 14.6. The van der Waals surface area contributed by atoms with Gasteiger partial charge in [0.15, 0.2) is 5.76 Å². The lowest BCUT2D eigenvalue weighted by Crippen LogP contribution is -2.33. The summed E-state index contributed by atoms with van der Waals surface area (Å²) in [6.45, 7) is 0.679. The maximum atomic E-state index is 12.7. The van der Waals surface area contributed by atoms with Crippen LogP contribution < -0.4 is 5.32 Å². The molecule has 0 aliphatic carbocycles. The molecule has 3 aromatic rings. The lowest BCUT2D eigenvalue weighted by Gasteiger charge is -2.22. The van der Waals surface area contributed by atoms with Crippen LogP contribution in [0.4, 0.5) is 0 Å². The van der Waals surface area contributed by atoms with Gasteiger partial charge in [0.1, 0.15) is 11.5 Å². The standard InChI is InChI=1S/C20H20N2O5/c23-17-7-2-1-5-15(17)13-22(14-16-6-3-11-26-16)19(24)9-10-21-20(25)18-8-4-12-27-18/h1-8,11-12,23H,9-10,13-14H2,(H,21,25). The van der Waals surface area contributed by atoms with Gasteiger partial charge in [-0.05, 0) is 30.3 Å². The highest BCUT2D eigenvalue weighted by molar-refractivity contribution is 5.91. The zero-order valence-electron chi connectivity index (χ0n) is 14.6. The second-order valence-corrected chi connectivity index (χ2v) is 5.94.